The Morgan fingerprint density at radius 1 is 1.09 bits per heavy atom. The van der Waals surface area contributed by atoms with Crippen molar-refractivity contribution in [2.45, 2.75) is 64.3 Å². The van der Waals surface area contributed by atoms with Gasteiger partial charge in [0.05, 0.1) is 39.4 Å². The number of aliphatic hydroxyl groups is 2. The average molecular weight is 836 g/mol. The molecule has 0 aliphatic carbocycles. The minimum absolute atomic E-state index is 0.0231. The fourth-order valence-electron chi connectivity index (χ4n) is 4.32. The van der Waals surface area contributed by atoms with Crippen LogP contribution in [0.25, 0.3) is 11.2 Å². The lowest BCUT2D eigenvalue weighted by Gasteiger charge is -2.36. The molecule has 3 rings (SSSR count). The Hall–Kier alpha value is -2.64. The van der Waals surface area contributed by atoms with Crippen LogP contribution in [0.15, 0.2) is 12.7 Å². The maximum atomic E-state index is 12.5. The van der Waals surface area contributed by atoms with Crippen molar-refractivity contribution in [3.05, 3.63) is 12.7 Å². The van der Waals surface area contributed by atoms with E-state index >= 15 is 0 Å². The standard InChI is InChI=1S/C24H40N7O18P3S/c1-4-15(33)48-53-8-7-26-14(32)5-6-27-22(36)19(35)24(2,3)10-45-52(42,43)49-51(40,41)44-9-13-18(47-50(37,38)39)17(34)23(46-13)31-12-30-16-20(25)28-11-29-21(16)31/h11-13,17-19,23,34-35H,4-10H2,1-3H3,(H,26,32)(H,27,36)(H,40,41)(H,42,43)(H2,25,28,29)(H2,37,38,39)/p-4. The molecule has 7 unspecified atom stereocenters. The zero-order valence-electron chi connectivity index (χ0n) is 28.0. The third-order valence-electron chi connectivity index (χ3n) is 7.00. The van der Waals surface area contributed by atoms with Gasteiger partial charge in [-0.25, -0.2) is 19.3 Å². The molecule has 0 spiro atoms. The summed E-state index contributed by atoms with van der Waals surface area (Å²) in [6.07, 6.45) is -7.41. The van der Waals surface area contributed by atoms with Crippen LogP contribution in [0.2, 0.25) is 0 Å². The molecule has 2 aromatic rings. The molecule has 0 saturated carbocycles. The minimum Gasteiger partial charge on any atom is -0.790 e. The Morgan fingerprint density at radius 3 is 2.43 bits per heavy atom. The van der Waals surface area contributed by atoms with Gasteiger partial charge in [-0.15, -0.1) is 0 Å². The average Bonchev–Trinajstić information content (AvgIpc) is 3.62. The number of fused-ring (bicyclic) bond motifs is 1. The molecule has 1 fully saturated rings. The van der Waals surface area contributed by atoms with Crippen molar-refractivity contribution in [2.75, 3.05) is 37.8 Å². The monoisotopic (exact) mass is 835 g/mol. The van der Waals surface area contributed by atoms with E-state index in [0.29, 0.717) is 0 Å². The van der Waals surface area contributed by atoms with Gasteiger partial charge in [-0.2, -0.15) is 0 Å². The Bertz CT molecular complexity index is 1750. The van der Waals surface area contributed by atoms with Crippen molar-refractivity contribution in [1.82, 2.24) is 30.2 Å². The van der Waals surface area contributed by atoms with Crippen molar-refractivity contribution in [1.29, 1.82) is 0 Å². The number of carbonyl (C=O) groups is 3. The van der Waals surface area contributed by atoms with Crippen LogP contribution in [0, 0.1) is 5.41 Å². The highest BCUT2D eigenvalue weighted by Gasteiger charge is 2.47. The van der Waals surface area contributed by atoms with Crippen molar-refractivity contribution < 1.29 is 84.7 Å². The van der Waals surface area contributed by atoms with Gasteiger partial charge in [0.25, 0.3) is 15.6 Å². The summed E-state index contributed by atoms with van der Waals surface area (Å²) in [6.45, 7) is 1.66. The first-order chi connectivity index (χ1) is 24.6. The number of anilines is 1. The zero-order chi connectivity index (χ0) is 39.8. The first kappa shape index (κ1) is 44.8. The molecule has 6 N–H and O–H groups in total. The molecule has 0 aromatic carbocycles. The molecule has 7 atom stereocenters. The van der Waals surface area contributed by atoms with Crippen LogP contribution in [-0.4, -0.2) is 104 Å². The number of rotatable bonds is 21. The fourth-order valence-corrected chi connectivity index (χ4v) is 7.57. The lowest BCUT2D eigenvalue weighted by atomic mass is 9.87. The lowest BCUT2D eigenvalue weighted by molar-refractivity contribution is -0.347. The van der Waals surface area contributed by atoms with Crippen LogP contribution in [0.5, 0.6) is 0 Å². The van der Waals surface area contributed by atoms with Gasteiger partial charge >= 0.3 is 5.97 Å². The normalized spacial score (nSPS) is 22.1. The van der Waals surface area contributed by atoms with E-state index in [4.69, 9.17) is 14.7 Å². The molecule has 0 bridgehead atoms. The molecule has 1 aliphatic heterocycles. The summed E-state index contributed by atoms with van der Waals surface area (Å²) in [5, 5.41) is 26.0. The number of nitrogens with two attached hydrogens (primary N) is 1. The van der Waals surface area contributed by atoms with E-state index in [9.17, 15) is 57.9 Å². The Labute approximate surface area is 304 Å². The van der Waals surface area contributed by atoms with Gasteiger partial charge in [0.2, 0.25) is 11.8 Å². The number of phosphoric acid groups is 3. The van der Waals surface area contributed by atoms with Crippen LogP contribution in [0.3, 0.4) is 0 Å². The second-order valence-electron chi connectivity index (χ2n) is 11.6. The maximum absolute atomic E-state index is 12.5. The van der Waals surface area contributed by atoms with Gasteiger partial charge in [-0.1, -0.05) is 20.8 Å². The van der Waals surface area contributed by atoms with Gasteiger partial charge in [0.15, 0.2) is 17.7 Å². The zero-order valence-corrected chi connectivity index (χ0v) is 31.5. The Balaban J connectivity index is 1.52. The molecule has 0 radical (unpaired) electrons. The molecule has 2 aromatic heterocycles. The Morgan fingerprint density at radius 2 is 1.77 bits per heavy atom. The highest BCUT2D eigenvalue weighted by Crippen LogP contribution is 2.56. The van der Waals surface area contributed by atoms with Crippen molar-refractivity contribution in [3.8, 4) is 0 Å². The van der Waals surface area contributed by atoms with Crippen LogP contribution >= 0.6 is 35.5 Å². The molecule has 3 heterocycles. The minimum atomic E-state index is -5.91. The third-order valence-corrected chi connectivity index (χ3v) is 10.7. The molecule has 1 saturated heterocycles. The summed E-state index contributed by atoms with van der Waals surface area (Å²) in [5.74, 6) is -1.72. The van der Waals surface area contributed by atoms with Crippen LogP contribution in [-0.2, 0) is 54.9 Å². The third kappa shape index (κ3) is 13.6. The van der Waals surface area contributed by atoms with Gasteiger partial charge in [0.1, 0.15) is 36.3 Å². The van der Waals surface area contributed by atoms with Crippen molar-refractivity contribution in [3.63, 3.8) is 0 Å². The number of imidazole rings is 1. The van der Waals surface area contributed by atoms with E-state index in [2.05, 4.69) is 43.5 Å². The SMILES string of the molecule is CCC(=O)OSCCNC(=O)CCNC(=O)C(O)C(C)(C)COP(=O)([O-])OP(=O)([O-])OCC1OC(n2cnc3c(N)ncnc32)C(O)C1OP(=O)([O-])[O-]. The number of hydrogen-bond donors (Lipinski definition) is 5. The molecular formula is C24H36N7O18P3S-4. The lowest BCUT2D eigenvalue weighted by Crippen LogP contribution is -2.46. The van der Waals surface area contributed by atoms with E-state index in [-0.39, 0.29) is 48.7 Å². The van der Waals surface area contributed by atoms with Gasteiger partial charge in [0, 0.05) is 37.1 Å². The van der Waals surface area contributed by atoms with Gasteiger partial charge < -0.3 is 73.2 Å². The molecule has 300 valence electrons. The summed E-state index contributed by atoms with van der Waals surface area (Å²) < 4.78 is 65.1. The van der Waals surface area contributed by atoms with Gasteiger partial charge in [-0.3, -0.25) is 28.1 Å². The summed E-state index contributed by atoms with van der Waals surface area (Å²) in [6, 6.07) is 0. The van der Waals surface area contributed by atoms with E-state index in [0.717, 1.165) is 29.3 Å². The number of hydrogen-bond acceptors (Lipinski definition) is 23. The number of nitrogens with zero attached hydrogens (tertiary/aromatic N) is 4. The molecule has 1 aliphatic rings. The number of ether oxygens (including phenoxy) is 1. The Kier molecular flexibility index (Phi) is 15.9. The fraction of sp³-hybridized carbons (Fsp3) is 0.667. The van der Waals surface area contributed by atoms with E-state index in [1.807, 2.05) is 0 Å². The van der Waals surface area contributed by atoms with Crippen LogP contribution in [0.1, 0.15) is 39.8 Å². The first-order valence-electron chi connectivity index (χ1n) is 15.2. The molecule has 2 amide bonds. The summed E-state index contributed by atoms with van der Waals surface area (Å²) in [7, 11) is -17.6. The highest BCUT2D eigenvalue weighted by atomic mass is 32.2. The number of aliphatic hydroxyl groups excluding tert-OH is 2. The number of aromatic nitrogens is 4. The maximum Gasteiger partial charge on any atom is 0.317 e. The van der Waals surface area contributed by atoms with Gasteiger partial charge in [-0.05, 0) is 0 Å². The number of phosphoric ester groups is 3. The topological polar surface area (TPSA) is 384 Å². The number of nitrogen functional groups attached to an aromatic ring is 1. The molecule has 29 heteroatoms. The predicted molar refractivity (Wildman–Crippen MR) is 170 cm³/mol. The second kappa shape index (κ2) is 18.8. The van der Waals surface area contributed by atoms with E-state index in [1.54, 1.807) is 6.92 Å². The van der Waals surface area contributed by atoms with Crippen LogP contribution in [0.4, 0.5) is 5.82 Å². The molecular weight excluding hydrogens is 799 g/mol. The highest BCUT2D eigenvalue weighted by molar-refractivity contribution is 7.95. The summed E-state index contributed by atoms with van der Waals surface area (Å²) in [4.78, 5) is 94.7. The van der Waals surface area contributed by atoms with E-state index < -0.39 is 90.5 Å². The summed E-state index contributed by atoms with van der Waals surface area (Å²) in [5.41, 5.74) is 4.05. The predicted octanol–water partition coefficient (Wildman–Crippen LogP) is -3.52. The largest absolute Gasteiger partial charge is 0.790 e. The quantitative estimate of drug-likeness (QED) is 0.0462. The number of carbonyl (C=O) groups excluding carboxylic acids is 3. The number of amides is 2. The van der Waals surface area contributed by atoms with Crippen molar-refractivity contribution >= 4 is 70.3 Å². The second-order valence-corrected chi connectivity index (χ2v) is 16.5. The smallest absolute Gasteiger partial charge is 0.317 e. The number of nitrogens with one attached hydrogen (secondary N) is 2. The molecule has 53 heavy (non-hydrogen) atoms. The summed E-state index contributed by atoms with van der Waals surface area (Å²) >= 11 is 0.857. The first-order valence-corrected chi connectivity index (χ1v) is 20.5. The molecule has 25 nitrogen and oxygen atoms in total. The van der Waals surface area contributed by atoms with Crippen molar-refractivity contribution in [2.24, 2.45) is 5.41 Å². The van der Waals surface area contributed by atoms with E-state index in [1.165, 1.54) is 13.8 Å². The van der Waals surface area contributed by atoms with Crippen LogP contribution < -0.4 is 35.9 Å².